The third kappa shape index (κ3) is 3.92. The van der Waals surface area contributed by atoms with E-state index in [1.807, 2.05) is 20.8 Å². The van der Waals surface area contributed by atoms with Gasteiger partial charge in [0.25, 0.3) is 0 Å². The Morgan fingerprint density at radius 1 is 1.40 bits per heavy atom. The van der Waals surface area contributed by atoms with Crippen LogP contribution in [-0.2, 0) is 4.79 Å². The molecule has 1 aromatic rings. The van der Waals surface area contributed by atoms with Crippen molar-refractivity contribution < 1.29 is 9.53 Å². The normalized spacial score (nSPS) is 11.2. The molecule has 3 heteroatoms. The van der Waals surface area contributed by atoms with Gasteiger partial charge >= 0.3 is 0 Å². The van der Waals surface area contributed by atoms with Crippen LogP contribution in [0.1, 0.15) is 20.8 Å². The van der Waals surface area contributed by atoms with Gasteiger partial charge in [0.05, 0.1) is 0 Å². The van der Waals surface area contributed by atoms with E-state index in [1.54, 1.807) is 24.3 Å². The zero-order valence-corrected chi connectivity index (χ0v) is 9.97. The molecule has 2 nitrogen and oxygen atoms in total. The van der Waals surface area contributed by atoms with Gasteiger partial charge in [0.2, 0.25) is 0 Å². The molecule has 0 bridgehead atoms. The number of Topliss-reactive ketones (excluding diaryl/α,β-unsaturated/α-hetero) is 1. The van der Waals surface area contributed by atoms with Crippen LogP contribution in [0.2, 0.25) is 5.02 Å². The third-order valence-corrected chi connectivity index (χ3v) is 2.24. The molecule has 0 heterocycles. The van der Waals surface area contributed by atoms with E-state index >= 15 is 0 Å². The molecule has 0 fully saturated rings. The van der Waals surface area contributed by atoms with Crippen LogP contribution in [0.25, 0.3) is 0 Å². The van der Waals surface area contributed by atoms with Crippen molar-refractivity contribution in [3.63, 3.8) is 0 Å². The fraction of sp³-hybridized carbons (Fsp3) is 0.417. The van der Waals surface area contributed by atoms with Crippen LogP contribution in [0.4, 0.5) is 0 Å². The lowest BCUT2D eigenvalue weighted by atomic mass is 9.91. The Morgan fingerprint density at radius 3 is 2.60 bits per heavy atom. The highest BCUT2D eigenvalue weighted by atomic mass is 35.5. The van der Waals surface area contributed by atoms with E-state index in [4.69, 9.17) is 16.3 Å². The number of rotatable bonds is 3. The van der Waals surface area contributed by atoms with Crippen LogP contribution in [0, 0.1) is 5.41 Å². The molecule has 0 spiro atoms. The van der Waals surface area contributed by atoms with E-state index < -0.39 is 0 Å². The van der Waals surface area contributed by atoms with Gasteiger partial charge in [-0.05, 0) is 18.2 Å². The predicted octanol–water partition coefficient (Wildman–Crippen LogP) is 3.33. The number of ketones is 1. The van der Waals surface area contributed by atoms with Crippen molar-refractivity contribution in [3.05, 3.63) is 29.3 Å². The number of carbonyl (C=O) groups excluding carboxylic acids is 1. The molecular weight excluding hydrogens is 212 g/mol. The number of ether oxygens (including phenoxy) is 1. The van der Waals surface area contributed by atoms with E-state index in [0.29, 0.717) is 10.8 Å². The van der Waals surface area contributed by atoms with Crippen LogP contribution in [0.3, 0.4) is 0 Å². The Labute approximate surface area is 95.2 Å². The van der Waals surface area contributed by atoms with Gasteiger partial charge in [-0.3, -0.25) is 4.79 Å². The Bertz CT molecular complexity index is 353. The van der Waals surface area contributed by atoms with E-state index in [-0.39, 0.29) is 17.8 Å². The molecule has 0 radical (unpaired) electrons. The maximum Gasteiger partial charge on any atom is 0.175 e. The Hall–Kier alpha value is -1.02. The first kappa shape index (κ1) is 12.1. The number of carbonyl (C=O) groups is 1. The van der Waals surface area contributed by atoms with Crippen molar-refractivity contribution in [2.24, 2.45) is 5.41 Å². The van der Waals surface area contributed by atoms with Crippen molar-refractivity contribution >= 4 is 17.4 Å². The summed E-state index contributed by atoms with van der Waals surface area (Å²) in [7, 11) is 0. The molecule has 0 aliphatic heterocycles. The van der Waals surface area contributed by atoms with E-state index in [2.05, 4.69) is 0 Å². The standard InChI is InChI=1S/C12H15ClO2/c1-12(2,3)11(14)8-15-10-6-4-5-9(13)7-10/h4-7H,8H2,1-3H3. The lowest BCUT2D eigenvalue weighted by molar-refractivity contribution is -0.128. The molecule has 82 valence electrons. The minimum Gasteiger partial charge on any atom is -0.486 e. The number of hydrogen-bond acceptors (Lipinski definition) is 2. The van der Waals surface area contributed by atoms with Gasteiger partial charge in [0, 0.05) is 10.4 Å². The molecule has 0 saturated heterocycles. The van der Waals surface area contributed by atoms with Crippen molar-refractivity contribution in [2.45, 2.75) is 20.8 Å². The summed E-state index contributed by atoms with van der Waals surface area (Å²) in [6, 6.07) is 7.03. The van der Waals surface area contributed by atoms with Crippen molar-refractivity contribution in [1.82, 2.24) is 0 Å². The van der Waals surface area contributed by atoms with E-state index in [9.17, 15) is 4.79 Å². The van der Waals surface area contributed by atoms with E-state index in [0.717, 1.165) is 0 Å². The molecule has 0 aliphatic carbocycles. The molecule has 0 aliphatic rings. The quantitative estimate of drug-likeness (QED) is 0.790. The van der Waals surface area contributed by atoms with Gasteiger partial charge in [-0.2, -0.15) is 0 Å². The molecule has 1 rings (SSSR count). The molecule has 0 atom stereocenters. The van der Waals surface area contributed by atoms with Gasteiger partial charge in [-0.15, -0.1) is 0 Å². The number of benzene rings is 1. The fourth-order valence-corrected chi connectivity index (χ4v) is 1.10. The molecule has 0 amide bonds. The first-order valence-corrected chi connectivity index (χ1v) is 5.19. The molecule has 0 saturated carbocycles. The highest BCUT2D eigenvalue weighted by Gasteiger charge is 2.21. The first-order chi connectivity index (χ1) is 6.89. The summed E-state index contributed by atoms with van der Waals surface area (Å²) in [6.45, 7) is 5.70. The van der Waals surface area contributed by atoms with Gasteiger partial charge < -0.3 is 4.74 Å². The predicted molar refractivity (Wildman–Crippen MR) is 61.4 cm³/mol. The lowest BCUT2D eigenvalue weighted by Gasteiger charge is -2.16. The first-order valence-electron chi connectivity index (χ1n) is 4.81. The zero-order valence-electron chi connectivity index (χ0n) is 9.21. The maximum absolute atomic E-state index is 11.6. The Kier molecular flexibility index (Phi) is 3.75. The van der Waals surface area contributed by atoms with Crippen LogP contribution in [0.15, 0.2) is 24.3 Å². The molecule has 15 heavy (non-hydrogen) atoms. The van der Waals surface area contributed by atoms with Crippen molar-refractivity contribution in [3.8, 4) is 5.75 Å². The summed E-state index contributed by atoms with van der Waals surface area (Å²) in [5.41, 5.74) is -0.363. The zero-order chi connectivity index (χ0) is 11.5. The highest BCUT2D eigenvalue weighted by Crippen LogP contribution is 2.19. The molecule has 0 N–H and O–H groups in total. The van der Waals surface area contributed by atoms with E-state index in [1.165, 1.54) is 0 Å². The second kappa shape index (κ2) is 4.67. The molecular formula is C12H15ClO2. The summed E-state index contributed by atoms with van der Waals surface area (Å²) in [4.78, 5) is 11.6. The molecule has 0 aromatic heterocycles. The number of halogens is 1. The summed E-state index contributed by atoms with van der Waals surface area (Å²) >= 11 is 5.79. The highest BCUT2D eigenvalue weighted by molar-refractivity contribution is 6.30. The van der Waals surface area contributed by atoms with Gasteiger partial charge in [-0.25, -0.2) is 0 Å². The smallest absolute Gasteiger partial charge is 0.175 e. The summed E-state index contributed by atoms with van der Waals surface area (Å²) in [6.07, 6.45) is 0. The average Bonchev–Trinajstić information content (AvgIpc) is 2.12. The minimum absolute atomic E-state index is 0.0717. The van der Waals surface area contributed by atoms with Crippen molar-refractivity contribution in [2.75, 3.05) is 6.61 Å². The topological polar surface area (TPSA) is 26.3 Å². The summed E-state index contributed by atoms with van der Waals surface area (Å²) < 4.78 is 5.34. The number of hydrogen-bond donors (Lipinski definition) is 0. The second-order valence-corrected chi connectivity index (χ2v) is 4.86. The van der Waals surface area contributed by atoms with Gasteiger partial charge in [0.1, 0.15) is 12.4 Å². The fourth-order valence-electron chi connectivity index (χ4n) is 0.922. The van der Waals surface area contributed by atoms with Gasteiger partial charge in [0.15, 0.2) is 5.78 Å². The lowest BCUT2D eigenvalue weighted by Crippen LogP contribution is -2.26. The molecule has 0 unspecified atom stereocenters. The van der Waals surface area contributed by atoms with Crippen LogP contribution in [0.5, 0.6) is 5.75 Å². The van der Waals surface area contributed by atoms with Crippen LogP contribution >= 0.6 is 11.6 Å². The third-order valence-electron chi connectivity index (χ3n) is 2.00. The Morgan fingerprint density at radius 2 is 2.07 bits per heavy atom. The minimum atomic E-state index is -0.363. The van der Waals surface area contributed by atoms with Gasteiger partial charge in [-0.1, -0.05) is 38.4 Å². The SMILES string of the molecule is CC(C)(C)C(=O)COc1cccc(Cl)c1. The maximum atomic E-state index is 11.6. The summed E-state index contributed by atoms with van der Waals surface area (Å²) in [5, 5.41) is 0.607. The van der Waals surface area contributed by atoms with Crippen LogP contribution in [-0.4, -0.2) is 12.4 Å². The largest absolute Gasteiger partial charge is 0.486 e. The summed E-state index contributed by atoms with van der Waals surface area (Å²) in [5.74, 6) is 0.697. The second-order valence-electron chi connectivity index (χ2n) is 4.42. The Balaban J connectivity index is 2.55. The van der Waals surface area contributed by atoms with Crippen LogP contribution < -0.4 is 4.74 Å². The average molecular weight is 227 g/mol. The monoisotopic (exact) mass is 226 g/mol. The van der Waals surface area contributed by atoms with Crippen molar-refractivity contribution in [1.29, 1.82) is 0 Å². The molecule has 1 aromatic carbocycles.